The van der Waals surface area contributed by atoms with Crippen LogP contribution in [-0.2, 0) is 47.6 Å². The van der Waals surface area contributed by atoms with Gasteiger partial charge in [-0.05, 0) is 31.4 Å². The molecule has 0 aromatic heterocycles. The number of aryl methyl sites for hydroxylation is 1. The molecule has 41 heavy (non-hydrogen) atoms. The molecule has 0 radical (unpaired) electrons. The van der Waals surface area contributed by atoms with Gasteiger partial charge in [-0.2, -0.15) is 8.42 Å². The zero-order chi connectivity index (χ0) is 29.9. The molecule has 13 nitrogen and oxygen atoms in total. The highest BCUT2D eigenvalue weighted by atomic mass is 32.2. The quantitative estimate of drug-likeness (QED) is 0.227. The summed E-state index contributed by atoms with van der Waals surface area (Å²) >= 11 is 0. The molecule has 6 fully saturated rings. The fraction of sp³-hybridized carbons (Fsp3) is 0.667. The molecule has 12 atom stereocenters. The molecule has 2 saturated carbocycles. The Hall–Kier alpha value is -2.62. The molecule has 1 aromatic rings. The van der Waals surface area contributed by atoms with Gasteiger partial charge in [0.15, 0.2) is 17.8 Å². The fourth-order valence-electron chi connectivity index (χ4n) is 9.24. The van der Waals surface area contributed by atoms with Crippen LogP contribution in [0, 0.1) is 35.0 Å². The van der Waals surface area contributed by atoms with Crippen molar-refractivity contribution in [3.05, 3.63) is 29.8 Å². The first-order valence-corrected chi connectivity index (χ1v) is 14.7. The number of fused-ring (bicyclic) bond motifs is 1. The lowest BCUT2D eigenvalue weighted by molar-refractivity contribution is -0.240. The minimum Gasteiger partial charge on any atom is -0.456 e. The van der Waals surface area contributed by atoms with Crippen molar-refractivity contribution >= 4 is 28.0 Å². The van der Waals surface area contributed by atoms with Crippen molar-refractivity contribution in [3.8, 4) is 0 Å². The number of hydrogen-bond acceptors (Lipinski definition) is 13. The van der Waals surface area contributed by atoms with Gasteiger partial charge in [0.05, 0.1) is 21.6 Å². The van der Waals surface area contributed by atoms with Gasteiger partial charge < -0.3 is 34.3 Å². The van der Waals surface area contributed by atoms with E-state index in [1.807, 2.05) is 0 Å². The summed E-state index contributed by atoms with van der Waals surface area (Å²) in [4.78, 5) is 39.5. The van der Waals surface area contributed by atoms with Gasteiger partial charge in [0.2, 0.25) is 11.9 Å². The molecule has 7 rings (SSSR count). The molecule has 0 amide bonds. The molecule has 4 unspecified atom stereocenters. The Kier molecular flexibility index (Phi) is 4.96. The normalized spacial score (nSPS) is 49.3. The maximum atomic E-state index is 14.0. The van der Waals surface area contributed by atoms with Crippen LogP contribution in [0.2, 0.25) is 0 Å². The summed E-state index contributed by atoms with van der Waals surface area (Å²) in [6.45, 7) is 8.17. The lowest BCUT2D eigenvalue weighted by atomic mass is 9.51. The number of aliphatic hydroxyl groups excluding tert-OH is 2. The maximum absolute atomic E-state index is 14.0. The minimum absolute atomic E-state index is 0.199. The van der Waals surface area contributed by atoms with E-state index in [4.69, 9.17) is 23.1 Å². The van der Waals surface area contributed by atoms with Crippen molar-refractivity contribution in [1.82, 2.24) is 0 Å². The molecule has 14 heteroatoms. The van der Waals surface area contributed by atoms with Gasteiger partial charge in [-0.1, -0.05) is 38.5 Å². The molecule has 4 aliphatic heterocycles. The fourth-order valence-corrected chi connectivity index (χ4v) is 10.3. The summed E-state index contributed by atoms with van der Waals surface area (Å²) in [5.41, 5.74) is -9.63. The third-order valence-corrected chi connectivity index (χ3v) is 11.8. The van der Waals surface area contributed by atoms with Crippen molar-refractivity contribution in [2.75, 3.05) is 0 Å². The molecule has 2 spiro atoms. The highest BCUT2D eigenvalue weighted by Crippen LogP contribution is 2.84. The summed E-state index contributed by atoms with van der Waals surface area (Å²) in [7, 11) is -4.56. The van der Waals surface area contributed by atoms with Crippen LogP contribution < -0.4 is 0 Å². The largest absolute Gasteiger partial charge is 0.456 e. The van der Waals surface area contributed by atoms with Gasteiger partial charge in [0.1, 0.15) is 18.3 Å². The van der Waals surface area contributed by atoms with Crippen LogP contribution >= 0.6 is 0 Å². The maximum Gasteiger partial charge on any atom is 0.343 e. The van der Waals surface area contributed by atoms with Gasteiger partial charge in [-0.25, -0.2) is 9.59 Å². The van der Waals surface area contributed by atoms with E-state index in [0.29, 0.717) is 0 Å². The first-order chi connectivity index (χ1) is 19.0. The Morgan fingerprint density at radius 1 is 0.951 bits per heavy atom. The molecule has 1 aromatic carbocycles. The zero-order valence-electron chi connectivity index (χ0n) is 22.8. The zero-order valence-corrected chi connectivity index (χ0v) is 23.6. The summed E-state index contributed by atoms with van der Waals surface area (Å²) in [6, 6.07) is 5.83. The van der Waals surface area contributed by atoms with E-state index >= 15 is 0 Å². The number of carbonyl (C=O) groups excluding carboxylic acids is 3. The number of carbonyl (C=O) groups is 3. The Balaban J connectivity index is 1.52. The Bertz CT molecular complexity index is 1520. The molecule has 3 N–H and O–H groups in total. The summed E-state index contributed by atoms with van der Waals surface area (Å²) in [5.74, 6) is -5.87. The number of aliphatic hydroxyl groups is 3. The first kappa shape index (κ1) is 27.2. The topological polar surface area (TPSA) is 192 Å². The van der Waals surface area contributed by atoms with E-state index in [2.05, 4.69) is 0 Å². The van der Waals surface area contributed by atoms with Crippen LogP contribution in [-0.4, -0.2) is 89.7 Å². The SMILES string of the molecule is Cc1ccc(S(=O)(=O)O[C@H]2C3OC(=O)[C@@]45O[C@@H]6OC(=O)[C@H](O)C6([C@@H]2C(C)(C)C)C34[C@@H](O)C2OC(=O)[C@@H](C)[C@@]25O)cc1. The number of benzene rings is 1. The second-order valence-electron chi connectivity index (χ2n) is 13.1. The summed E-state index contributed by atoms with van der Waals surface area (Å²) in [6.07, 6.45) is -10.8. The number of rotatable bonds is 3. The molecule has 0 bridgehead atoms. The van der Waals surface area contributed by atoms with Gasteiger partial charge in [-0.3, -0.25) is 8.98 Å². The Morgan fingerprint density at radius 3 is 2.20 bits per heavy atom. The van der Waals surface area contributed by atoms with Gasteiger partial charge in [0.25, 0.3) is 10.1 Å². The van der Waals surface area contributed by atoms with Crippen LogP contribution in [0.4, 0.5) is 0 Å². The van der Waals surface area contributed by atoms with Crippen molar-refractivity contribution in [2.24, 2.45) is 28.1 Å². The highest BCUT2D eigenvalue weighted by molar-refractivity contribution is 7.86. The number of ether oxygens (including phenoxy) is 4. The third kappa shape index (κ3) is 2.52. The van der Waals surface area contributed by atoms with Crippen LogP contribution in [0.25, 0.3) is 0 Å². The van der Waals surface area contributed by atoms with E-state index in [0.717, 1.165) is 5.56 Å². The van der Waals surface area contributed by atoms with Crippen LogP contribution in [0.3, 0.4) is 0 Å². The van der Waals surface area contributed by atoms with Gasteiger partial charge in [0, 0.05) is 5.92 Å². The Labute approximate surface area is 234 Å². The van der Waals surface area contributed by atoms with E-state index in [9.17, 15) is 38.1 Å². The van der Waals surface area contributed by atoms with E-state index in [1.165, 1.54) is 19.1 Å². The highest BCUT2D eigenvalue weighted by Gasteiger charge is 3.05. The van der Waals surface area contributed by atoms with Gasteiger partial charge in [-0.15, -0.1) is 0 Å². The van der Waals surface area contributed by atoms with Gasteiger partial charge >= 0.3 is 17.9 Å². The van der Waals surface area contributed by atoms with Crippen LogP contribution in [0.15, 0.2) is 29.2 Å². The number of hydrogen-bond donors (Lipinski definition) is 3. The van der Waals surface area contributed by atoms with Crippen molar-refractivity contribution < 1.29 is 61.3 Å². The monoisotopic (exact) mass is 594 g/mol. The molecule has 4 saturated heterocycles. The van der Waals surface area contributed by atoms with Crippen molar-refractivity contribution in [1.29, 1.82) is 0 Å². The van der Waals surface area contributed by atoms with Crippen LogP contribution in [0.5, 0.6) is 0 Å². The average molecular weight is 595 g/mol. The second kappa shape index (κ2) is 7.47. The molecule has 6 aliphatic rings. The van der Waals surface area contributed by atoms with Crippen molar-refractivity contribution in [2.45, 2.75) is 87.5 Å². The second-order valence-corrected chi connectivity index (χ2v) is 14.7. The lowest BCUT2D eigenvalue weighted by Crippen LogP contribution is -2.67. The lowest BCUT2D eigenvalue weighted by Gasteiger charge is -2.47. The molecule has 222 valence electrons. The third-order valence-electron chi connectivity index (χ3n) is 10.5. The molecular weight excluding hydrogens is 564 g/mol. The predicted octanol–water partition coefficient (Wildman–Crippen LogP) is -0.677. The standard InChI is InChI=1S/C27H30O13S/c1-10-6-8-12(9-7-10)41(34,35)40-13-14(23(3,4)5)24-16(29)20(31)38-22(24)39-27-21(32)37-17(13)25(24,27)15(28)18-26(27,33)11(2)19(30)36-18/h6-9,11,13-18,22,28-29,33H,1-5H3/t11-,13-,14+,15+,16+,17?,18?,22+,24?,25?,26-,27-/m1/s1. The first-order valence-electron chi connectivity index (χ1n) is 13.3. The molecular formula is C27H30O13S. The van der Waals surface area contributed by atoms with Crippen LogP contribution in [0.1, 0.15) is 33.3 Å². The average Bonchev–Trinajstić information content (AvgIpc) is 3.57. The number of esters is 3. The Morgan fingerprint density at radius 2 is 1.59 bits per heavy atom. The van der Waals surface area contributed by atoms with Crippen molar-refractivity contribution in [3.63, 3.8) is 0 Å². The van der Waals surface area contributed by atoms with E-state index < -0.39 is 104 Å². The minimum atomic E-state index is -4.56. The van der Waals surface area contributed by atoms with E-state index in [-0.39, 0.29) is 4.90 Å². The molecule has 4 heterocycles. The van der Waals surface area contributed by atoms with E-state index in [1.54, 1.807) is 39.8 Å². The molecule has 2 aliphatic carbocycles. The summed E-state index contributed by atoms with van der Waals surface area (Å²) < 4.78 is 56.1. The smallest absolute Gasteiger partial charge is 0.343 e. The summed E-state index contributed by atoms with van der Waals surface area (Å²) in [5, 5.41) is 36.0. The predicted molar refractivity (Wildman–Crippen MR) is 131 cm³/mol.